The van der Waals surface area contributed by atoms with Gasteiger partial charge >= 0.3 is 5.97 Å². The van der Waals surface area contributed by atoms with E-state index in [9.17, 15) is 9.59 Å². The summed E-state index contributed by atoms with van der Waals surface area (Å²) >= 11 is 12.3. The van der Waals surface area contributed by atoms with Crippen LogP contribution in [-0.2, 0) is 4.74 Å². The number of nitrogens with zero attached hydrogens (tertiary/aromatic N) is 7. The van der Waals surface area contributed by atoms with Crippen molar-refractivity contribution in [3.63, 3.8) is 0 Å². The smallest absolute Gasteiger partial charge is 0.337 e. The molecule has 0 aliphatic rings. The highest BCUT2D eigenvalue weighted by Crippen LogP contribution is 2.36. The summed E-state index contributed by atoms with van der Waals surface area (Å²) in [6, 6.07) is 13.0. The summed E-state index contributed by atoms with van der Waals surface area (Å²) in [6.07, 6.45) is 5.51. The summed E-state index contributed by atoms with van der Waals surface area (Å²) in [7, 11) is 2.86. The number of ether oxygens (including phenoxy) is 2. The number of hydrogen-bond donors (Lipinski definition) is 0. The number of benzene rings is 2. The molecule has 0 amide bonds. The minimum atomic E-state index is -0.427. The summed E-state index contributed by atoms with van der Waals surface area (Å²) in [4.78, 5) is 25.3. The van der Waals surface area contributed by atoms with Gasteiger partial charge in [-0.1, -0.05) is 40.6 Å². The zero-order valence-corrected chi connectivity index (χ0v) is 23.2. The Bertz CT molecular complexity index is 1740. The maximum absolute atomic E-state index is 13.5. The lowest BCUT2D eigenvalue weighted by Gasteiger charge is -2.19. The fourth-order valence-electron chi connectivity index (χ4n) is 4.40. The van der Waals surface area contributed by atoms with Gasteiger partial charge in [-0.25, -0.2) is 14.2 Å². The van der Waals surface area contributed by atoms with Crippen LogP contribution in [0.2, 0.25) is 10.2 Å². The molecule has 0 radical (unpaired) electrons. The topological polar surface area (TPSA) is 119 Å². The van der Waals surface area contributed by atoms with Crippen LogP contribution in [0.25, 0.3) is 22.5 Å². The van der Waals surface area contributed by atoms with Gasteiger partial charge in [0.25, 0.3) is 5.56 Å². The van der Waals surface area contributed by atoms with Crippen molar-refractivity contribution in [2.75, 3.05) is 14.2 Å². The zero-order chi connectivity index (χ0) is 28.4. The van der Waals surface area contributed by atoms with E-state index in [1.54, 1.807) is 70.3 Å². The van der Waals surface area contributed by atoms with Gasteiger partial charge in [0.2, 0.25) is 0 Å². The molecule has 0 N–H and O–H groups in total. The number of methoxy groups -OCH3 is 2. The first-order chi connectivity index (χ1) is 19.3. The first kappa shape index (κ1) is 27.1. The van der Waals surface area contributed by atoms with Gasteiger partial charge in [-0.15, -0.1) is 10.2 Å². The monoisotopic (exact) mass is 579 g/mol. The van der Waals surface area contributed by atoms with Crippen LogP contribution < -0.4 is 10.3 Å². The van der Waals surface area contributed by atoms with Crippen molar-refractivity contribution < 1.29 is 14.3 Å². The van der Waals surface area contributed by atoms with E-state index in [0.29, 0.717) is 51.0 Å². The van der Waals surface area contributed by atoms with E-state index in [-0.39, 0.29) is 10.7 Å². The van der Waals surface area contributed by atoms with Gasteiger partial charge in [0.15, 0.2) is 5.15 Å². The number of aromatic nitrogens is 7. The predicted octanol–water partition coefficient (Wildman–Crippen LogP) is 4.78. The van der Waals surface area contributed by atoms with Gasteiger partial charge in [-0.05, 0) is 48.9 Å². The molecule has 0 aliphatic heterocycles. The van der Waals surface area contributed by atoms with Crippen molar-refractivity contribution in [1.82, 2.24) is 34.6 Å². The Morgan fingerprint density at radius 1 is 0.925 bits per heavy atom. The molecule has 1 unspecified atom stereocenters. The molecule has 3 aromatic heterocycles. The molecular weight excluding hydrogens is 557 g/mol. The maximum Gasteiger partial charge on any atom is 0.337 e. The second-order valence-electron chi connectivity index (χ2n) is 8.70. The number of pyridine rings is 1. The third-order valence-corrected chi connectivity index (χ3v) is 6.76. The van der Waals surface area contributed by atoms with Crippen molar-refractivity contribution >= 4 is 29.2 Å². The zero-order valence-electron chi connectivity index (χ0n) is 21.7. The van der Waals surface area contributed by atoms with Crippen LogP contribution in [-0.4, -0.2) is 54.7 Å². The molecular formula is C27H23Cl2N7O4. The molecule has 204 valence electrons. The predicted molar refractivity (Wildman–Crippen MR) is 149 cm³/mol. The fourth-order valence-corrected chi connectivity index (χ4v) is 4.70. The van der Waals surface area contributed by atoms with Crippen molar-refractivity contribution in [3.8, 4) is 28.3 Å². The molecule has 5 rings (SSSR count). The summed E-state index contributed by atoms with van der Waals surface area (Å²) in [5.74, 6) is 0.0159. The SMILES string of the molecule is CCC(c1cn(-c2ccc(C(=O)OC)cc2)nn1)n1cc(OC)c(-c2cc(Cl)ccc2-n2cc(Cl)nn2)cc1=O. The second-order valence-corrected chi connectivity index (χ2v) is 9.52. The van der Waals surface area contributed by atoms with E-state index < -0.39 is 12.0 Å². The van der Waals surface area contributed by atoms with Crippen LogP contribution in [0, 0.1) is 0 Å². The van der Waals surface area contributed by atoms with E-state index in [2.05, 4.69) is 20.6 Å². The van der Waals surface area contributed by atoms with Crippen molar-refractivity contribution in [2.24, 2.45) is 0 Å². The van der Waals surface area contributed by atoms with Gasteiger partial charge in [-0.2, -0.15) is 0 Å². The fraction of sp³-hybridized carbons (Fsp3) is 0.185. The first-order valence-electron chi connectivity index (χ1n) is 12.1. The largest absolute Gasteiger partial charge is 0.495 e. The molecule has 0 spiro atoms. The maximum atomic E-state index is 13.5. The van der Waals surface area contributed by atoms with E-state index in [1.807, 2.05) is 6.92 Å². The molecule has 0 saturated carbocycles. The average Bonchev–Trinajstić information content (AvgIpc) is 3.63. The van der Waals surface area contributed by atoms with Crippen LogP contribution in [0.15, 0.2) is 71.9 Å². The van der Waals surface area contributed by atoms with Gasteiger partial charge in [0.1, 0.15) is 11.4 Å². The van der Waals surface area contributed by atoms with E-state index >= 15 is 0 Å². The summed E-state index contributed by atoms with van der Waals surface area (Å²) in [6.45, 7) is 1.95. The van der Waals surface area contributed by atoms with Crippen LogP contribution in [0.1, 0.15) is 35.4 Å². The Morgan fingerprint density at radius 2 is 1.68 bits per heavy atom. The van der Waals surface area contributed by atoms with Crippen LogP contribution >= 0.6 is 23.2 Å². The van der Waals surface area contributed by atoms with Gasteiger partial charge < -0.3 is 14.0 Å². The van der Waals surface area contributed by atoms with Crippen molar-refractivity contribution in [1.29, 1.82) is 0 Å². The third-order valence-electron chi connectivity index (χ3n) is 6.35. The molecule has 3 heterocycles. The first-order valence-corrected chi connectivity index (χ1v) is 12.9. The van der Waals surface area contributed by atoms with Crippen LogP contribution in [0.4, 0.5) is 0 Å². The minimum absolute atomic E-state index is 0.224. The Hall–Kier alpha value is -4.48. The Balaban J connectivity index is 1.53. The lowest BCUT2D eigenvalue weighted by molar-refractivity contribution is 0.0600. The number of hydrogen-bond acceptors (Lipinski definition) is 8. The molecule has 0 fully saturated rings. The second kappa shape index (κ2) is 11.3. The summed E-state index contributed by atoms with van der Waals surface area (Å²) < 4.78 is 15.1. The van der Waals surface area contributed by atoms with Crippen molar-refractivity contribution in [3.05, 3.63) is 98.9 Å². The Labute approximate surface area is 238 Å². The van der Waals surface area contributed by atoms with Crippen LogP contribution in [0.5, 0.6) is 5.75 Å². The highest BCUT2D eigenvalue weighted by molar-refractivity contribution is 6.31. The summed E-state index contributed by atoms with van der Waals surface area (Å²) in [5, 5.41) is 17.2. The number of halogens is 2. The molecule has 1 atom stereocenters. The van der Waals surface area contributed by atoms with Gasteiger partial charge in [-0.3, -0.25) is 4.79 Å². The highest BCUT2D eigenvalue weighted by atomic mass is 35.5. The molecule has 13 heteroatoms. The molecule has 0 bridgehead atoms. The minimum Gasteiger partial charge on any atom is -0.495 e. The lowest BCUT2D eigenvalue weighted by Crippen LogP contribution is -2.25. The van der Waals surface area contributed by atoms with Gasteiger partial charge in [0.05, 0.1) is 55.8 Å². The molecule has 2 aromatic carbocycles. The van der Waals surface area contributed by atoms with Gasteiger partial charge in [0, 0.05) is 22.2 Å². The average molecular weight is 580 g/mol. The number of esters is 1. The molecule has 0 saturated heterocycles. The third kappa shape index (κ3) is 5.21. The Morgan fingerprint density at radius 3 is 2.33 bits per heavy atom. The van der Waals surface area contributed by atoms with Crippen molar-refractivity contribution in [2.45, 2.75) is 19.4 Å². The number of carbonyl (C=O) groups excluding carboxylic acids is 1. The van der Waals surface area contributed by atoms with E-state index in [4.69, 9.17) is 32.7 Å². The molecule has 0 aliphatic carbocycles. The lowest BCUT2D eigenvalue weighted by atomic mass is 10.0. The molecule has 40 heavy (non-hydrogen) atoms. The molecule has 5 aromatic rings. The van der Waals surface area contributed by atoms with Crippen LogP contribution in [0.3, 0.4) is 0 Å². The quantitative estimate of drug-likeness (QED) is 0.241. The number of carbonyl (C=O) groups is 1. The summed E-state index contributed by atoms with van der Waals surface area (Å²) in [5.41, 5.74) is 3.18. The normalized spacial score (nSPS) is 11.8. The highest BCUT2D eigenvalue weighted by Gasteiger charge is 2.22. The Kier molecular flexibility index (Phi) is 7.67. The molecule has 11 nitrogen and oxygen atoms in total. The van der Waals surface area contributed by atoms with E-state index in [0.717, 1.165) is 0 Å². The van der Waals surface area contributed by atoms with E-state index in [1.165, 1.54) is 25.0 Å². The standard InChI is InChI=1S/C27H23Cl2N7O4/c1-4-22(21-13-35(32-30-21)18-8-5-16(6-9-18)27(38)40-3)34-14-24(39-2)20(12-26(34)37)19-11-17(28)7-10-23(19)36-15-25(29)31-33-36/h5-15,22H,4H2,1-3H3. The number of rotatable bonds is 8.